The molecule has 1 aliphatic heterocycles. The van der Waals surface area contributed by atoms with E-state index in [0.717, 1.165) is 31.7 Å². The van der Waals surface area contributed by atoms with Gasteiger partial charge < -0.3 is 31.8 Å². The van der Waals surface area contributed by atoms with Gasteiger partial charge in [0.1, 0.15) is 11.3 Å². The van der Waals surface area contributed by atoms with Gasteiger partial charge in [-0.3, -0.25) is 9.79 Å². The summed E-state index contributed by atoms with van der Waals surface area (Å²) in [6.45, 7) is -1.73. The van der Waals surface area contributed by atoms with Crippen molar-refractivity contribution in [2.24, 2.45) is 10.7 Å². The minimum Gasteiger partial charge on any atom is -0.434 e. The first-order valence-corrected chi connectivity index (χ1v) is 11.5. The van der Waals surface area contributed by atoms with Crippen molar-refractivity contribution < 1.29 is 18.3 Å². The van der Waals surface area contributed by atoms with Crippen LogP contribution in [0, 0.1) is 5.41 Å². The summed E-state index contributed by atoms with van der Waals surface area (Å²) in [5.74, 6) is -0.876. The van der Waals surface area contributed by atoms with Crippen molar-refractivity contribution in [2.75, 3.05) is 25.9 Å². The molecule has 1 atom stereocenters. The van der Waals surface area contributed by atoms with Crippen molar-refractivity contribution in [2.45, 2.75) is 25.5 Å². The number of alkyl halides is 2. The van der Waals surface area contributed by atoms with E-state index in [9.17, 15) is 13.6 Å². The molecule has 0 aliphatic carbocycles. The number of amides is 1. The van der Waals surface area contributed by atoms with Gasteiger partial charge in [-0.05, 0) is 38.6 Å². The van der Waals surface area contributed by atoms with Gasteiger partial charge in [-0.1, -0.05) is 0 Å². The molecule has 194 valence electrons. The molecular weight excluding hydrogens is 484 g/mol. The number of rotatable bonds is 9. The third kappa shape index (κ3) is 5.72. The number of nitrogens with one attached hydrogen (secondary N) is 2. The summed E-state index contributed by atoms with van der Waals surface area (Å²) in [5, 5.41) is 14.4. The third-order valence-corrected chi connectivity index (χ3v) is 6.12. The number of likely N-dealkylation sites (tertiary alicyclic amines) is 1. The molecule has 1 unspecified atom stereocenters. The Morgan fingerprint density at radius 2 is 2.22 bits per heavy atom. The number of nitrogen functional groups attached to an aromatic ring is 1. The smallest absolute Gasteiger partial charge is 0.387 e. The molecule has 1 fully saturated rings. The second-order valence-electron chi connectivity index (χ2n) is 8.50. The van der Waals surface area contributed by atoms with Gasteiger partial charge in [0.2, 0.25) is 0 Å². The van der Waals surface area contributed by atoms with Crippen LogP contribution in [0.5, 0.6) is 5.75 Å². The van der Waals surface area contributed by atoms with E-state index in [1.165, 1.54) is 29.2 Å². The fourth-order valence-corrected chi connectivity index (χ4v) is 4.11. The average Bonchev–Trinajstić information content (AvgIpc) is 3.49. The summed E-state index contributed by atoms with van der Waals surface area (Å²) in [5.41, 5.74) is 13.0. The molecule has 0 spiro atoms. The predicted octanol–water partition coefficient (Wildman–Crippen LogP) is 2.13. The molecule has 4 rings (SSSR count). The lowest BCUT2D eigenvalue weighted by Crippen LogP contribution is -2.29. The molecule has 1 amide bonds. The topological polar surface area (TPSA) is 160 Å². The lowest BCUT2D eigenvalue weighted by atomic mass is 10.0. The number of carbonyl (C=O) groups excluding carboxylic acids is 1. The highest BCUT2D eigenvalue weighted by Gasteiger charge is 2.22. The number of halogens is 2. The molecule has 1 aromatic carbocycles. The van der Waals surface area contributed by atoms with Gasteiger partial charge in [0, 0.05) is 53.7 Å². The molecule has 3 heterocycles. The molecule has 13 heteroatoms. The van der Waals surface area contributed by atoms with E-state index in [0.29, 0.717) is 12.2 Å². The van der Waals surface area contributed by atoms with Crippen molar-refractivity contribution in [3.63, 3.8) is 0 Å². The van der Waals surface area contributed by atoms with E-state index in [1.54, 1.807) is 12.3 Å². The number of likely N-dealkylation sites (N-methyl/N-ethyl adjacent to an activating group) is 1. The van der Waals surface area contributed by atoms with Gasteiger partial charge in [-0.25, -0.2) is 9.50 Å². The highest BCUT2D eigenvalue weighted by atomic mass is 19.3. The largest absolute Gasteiger partial charge is 0.434 e. The Hall–Kier alpha value is -4.39. The van der Waals surface area contributed by atoms with Crippen LogP contribution in [0.4, 0.5) is 14.5 Å². The fourth-order valence-electron chi connectivity index (χ4n) is 4.11. The van der Waals surface area contributed by atoms with Gasteiger partial charge in [-0.15, -0.1) is 0 Å². The molecule has 1 saturated heterocycles. The van der Waals surface area contributed by atoms with Crippen LogP contribution in [-0.2, 0) is 0 Å². The number of benzene rings is 1. The summed E-state index contributed by atoms with van der Waals surface area (Å²) in [6.07, 6.45) is 8.93. The van der Waals surface area contributed by atoms with Crippen molar-refractivity contribution in [1.29, 1.82) is 5.41 Å². The Balaban J connectivity index is 1.75. The zero-order valence-corrected chi connectivity index (χ0v) is 20.1. The summed E-state index contributed by atoms with van der Waals surface area (Å²) < 4.78 is 32.4. The normalized spacial score (nSPS) is 16.9. The lowest BCUT2D eigenvalue weighted by Gasteiger charge is -2.18. The molecule has 3 aromatic rings. The van der Waals surface area contributed by atoms with Gasteiger partial charge in [-0.2, -0.15) is 13.9 Å². The van der Waals surface area contributed by atoms with Crippen LogP contribution in [0.2, 0.25) is 0 Å². The Morgan fingerprint density at radius 3 is 2.92 bits per heavy atom. The summed E-state index contributed by atoms with van der Waals surface area (Å²) in [7, 11) is 2.01. The van der Waals surface area contributed by atoms with E-state index in [2.05, 4.69) is 30.0 Å². The Labute approximate surface area is 211 Å². The maximum absolute atomic E-state index is 13.2. The molecular formula is C24H27F2N9O2. The average molecular weight is 512 g/mol. The van der Waals surface area contributed by atoms with Crippen LogP contribution in [-0.4, -0.2) is 70.6 Å². The minimum atomic E-state index is -3.15. The number of nitrogens with zero attached hydrogens (tertiary/aromatic N) is 5. The number of allylic oxidation sites excluding steroid dienone is 1. The van der Waals surface area contributed by atoms with Crippen molar-refractivity contribution in [3.8, 4) is 5.75 Å². The zero-order chi connectivity index (χ0) is 26.5. The van der Waals surface area contributed by atoms with Crippen molar-refractivity contribution in [3.05, 3.63) is 59.2 Å². The van der Waals surface area contributed by atoms with Gasteiger partial charge in [0.25, 0.3) is 5.91 Å². The first kappa shape index (κ1) is 25.7. The van der Waals surface area contributed by atoms with E-state index in [4.69, 9.17) is 16.9 Å². The number of hydrogen-bond donors (Lipinski definition) is 4. The van der Waals surface area contributed by atoms with Crippen LogP contribution in [0.25, 0.3) is 11.3 Å². The van der Waals surface area contributed by atoms with Crippen LogP contribution < -0.4 is 21.5 Å². The Morgan fingerprint density at radius 1 is 1.41 bits per heavy atom. The standard InChI is InChI=1S/C24H27F2N9O2/c1-34-6-2-4-15(34)11-30-13-19(33-23(36)17-12-32-35-7-3-5-31-22(17)35)21(29)16-8-14(10-27)18(28)9-20(16)37-24(25)26/h3,5,7-10,12-13,15,24,27H,2,4,6,11,28-29H2,1H3,(H,33,36). The number of ether oxygens (including phenoxy) is 1. The summed E-state index contributed by atoms with van der Waals surface area (Å²) in [4.78, 5) is 24.1. The number of hydrogen-bond acceptors (Lipinski definition) is 9. The highest BCUT2D eigenvalue weighted by molar-refractivity contribution is 6.05. The van der Waals surface area contributed by atoms with Crippen LogP contribution in [0.3, 0.4) is 0 Å². The second-order valence-corrected chi connectivity index (χ2v) is 8.50. The molecule has 2 aromatic heterocycles. The number of carbonyl (C=O) groups is 1. The Kier molecular flexibility index (Phi) is 7.72. The molecule has 11 nitrogen and oxygen atoms in total. The number of anilines is 1. The van der Waals surface area contributed by atoms with Crippen LogP contribution in [0.15, 0.2) is 47.5 Å². The minimum absolute atomic E-state index is 0.0192. The molecule has 0 bridgehead atoms. The number of fused-ring (bicyclic) bond motifs is 1. The second kappa shape index (κ2) is 11.1. The van der Waals surface area contributed by atoms with Gasteiger partial charge in [0.05, 0.1) is 24.1 Å². The predicted molar refractivity (Wildman–Crippen MR) is 136 cm³/mol. The summed E-state index contributed by atoms with van der Waals surface area (Å²) >= 11 is 0. The maximum atomic E-state index is 13.2. The Bertz CT molecular complexity index is 1370. The monoisotopic (exact) mass is 511 g/mol. The molecule has 1 aliphatic rings. The zero-order valence-electron chi connectivity index (χ0n) is 20.1. The molecule has 0 saturated carbocycles. The van der Waals surface area contributed by atoms with E-state index in [-0.39, 0.29) is 45.6 Å². The van der Waals surface area contributed by atoms with Crippen molar-refractivity contribution >= 4 is 35.4 Å². The van der Waals surface area contributed by atoms with Gasteiger partial charge >= 0.3 is 6.61 Å². The first-order valence-electron chi connectivity index (χ1n) is 11.5. The van der Waals surface area contributed by atoms with E-state index in [1.807, 2.05) is 7.05 Å². The van der Waals surface area contributed by atoms with E-state index < -0.39 is 12.5 Å². The van der Waals surface area contributed by atoms with Crippen LogP contribution in [0.1, 0.15) is 34.3 Å². The number of aliphatic imine (C=N–C) groups is 1. The SMILES string of the molecule is CN1CCCC1CN=CC(NC(=O)c1cnn2cccnc12)=C(N)c1cc(C=N)c(N)cc1OC(F)F. The maximum Gasteiger partial charge on any atom is 0.387 e. The molecule has 37 heavy (non-hydrogen) atoms. The lowest BCUT2D eigenvalue weighted by molar-refractivity contribution is -0.0499. The number of nitrogens with two attached hydrogens (primary N) is 2. The van der Waals surface area contributed by atoms with E-state index >= 15 is 0 Å². The summed E-state index contributed by atoms with van der Waals surface area (Å²) in [6, 6.07) is 4.41. The van der Waals surface area contributed by atoms with Crippen molar-refractivity contribution in [1.82, 2.24) is 24.8 Å². The quantitative estimate of drug-likeness (QED) is 0.253. The molecule has 6 N–H and O–H groups in total. The van der Waals surface area contributed by atoms with Crippen LogP contribution >= 0.6 is 0 Å². The molecule has 0 radical (unpaired) electrons. The van der Waals surface area contributed by atoms with Gasteiger partial charge in [0.15, 0.2) is 5.65 Å². The number of aromatic nitrogens is 3. The highest BCUT2D eigenvalue weighted by Crippen LogP contribution is 2.31. The first-order chi connectivity index (χ1) is 17.8. The third-order valence-electron chi connectivity index (χ3n) is 6.12. The fraction of sp³-hybridized carbons (Fsp3) is 0.292.